The molecule has 0 radical (unpaired) electrons. The Hall–Kier alpha value is -1.86. The summed E-state index contributed by atoms with van der Waals surface area (Å²) >= 11 is 0. The minimum absolute atomic E-state index is 0.135. The molecule has 0 amide bonds. The van der Waals surface area contributed by atoms with E-state index in [-0.39, 0.29) is 6.16 Å². The number of aliphatic carboxylic acids is 1. The van der Waals surface area contributed by atoms with E-state index >= 15 is 0 Å². The summed E-state index contributed by atoms with van der Waals surface area (Å²) in [6.07, 6.45) is 0.135. The molecule has 2 aromatic carbocycles. The van der Waals surface area contributed by atoms with Gasteiger partial charge in [-0.1, -0.05) is 67.6 Å². The predicted molar refractivity (Wildman–Crippen MR) is 81.4 cm³/mol. The fourth-order valence-corrected chi connectivity index (χ4v) is 5.12. The van der Waals surface area contributed by atoms with Crippen LogP contribution in [0.3, 0.4) is 0 Å². The first-order valence-corrected chi connectivity index (χ1v) is 8.36. The summed E-state index contributed by atoms with van der Waals surface area (Å²) in [6.45, 7) is 1.60. The topological polar surface area (TPSA) is 54.4 Å². The van der Waals surface area contributed by atoms with Crippen LogP contribution in [0.4, 0.5) is 0 Å². The Bertz CT molecular complexity index is 579. The quantitative estimate of drug-likeness (QED) is 0.861. The van der Waals surface area contributed by atoms with E-state index in [1.165, 1.54) is 0 Å². The molecule has 1 atom stereocenters. The standard InChI is InChI=1S/C16H17O3P/c1-13(16(17)18)12-20(19,14-8-4-2-5-9-14)15-10-6-3-7-11-15/h2-11,13H,12H2,1H3,(H,17,18). The molecule has 0 fully saturated rings. The maximum absolute atomic E-state index is 13.5. The molecule has 4 heteroatoms. The van der Waals surface area contributed by atoms with Crippen LogP contribution in [0.2, 0.25) is 0 Å². The summed E-state index contributed by atoms with van der Waals surface area (Å²) in [5.74, 6) is -1.57. The fraction of sp³-hybridized carbons (Fsp3) is 0.188. The van der Waals surface area contributed by atoms with E-state index in [2.05, 4.69) is 0 Å². The van der Waals surface area contributed by atoms with Crippen molar-refractivity contribution in [1.82, 2.24) is 0 Å². The van der Waals surface area contributed by atoms with Crippen LogP contribution in [0.5, 0.6) is 0 Å². The average Bonchev–Trinajstić information content (AvgIpc) is 2.48. The average molecular weight is 288 g/mol. The van der Waals surface area contributed by atoms with Crippen LogP contribution >= 0.6 is 7.14 Å². The van der Waals surface area contributed by atoms with Gasteiger partial charge in [0.25, 0.3) is 0 Å². The second-order valence-electron chi connectivity index (χ2n) is 4.83. The fourth-order valence-electron chi connectivity index (χ4n) is 2.16. The van der Waals surface area contributed by atoms with Gasteiger partial charge in [-0.3, -0.25) is 4.79 Å². The highest BCUT2D eigenvalue weighted by Gasteiger charge is 2.31. The van der Waals surface area contributed by atoms with E-state index in [0.29, 0.717) is 10.6 Å². The van der Waals surface area contributed by atoms with Crippen LogP contribution in [-0.4, -0.2) is 17.2 Å². The van der Waals surface area contributed by atoms with Crippen LogP contribution in [0, 0.1) is 5.92 Å². The van der Waals surface area contributed by atoms with Crippen molar-refractivity contribution in [3.8, 4) is 0 Å². The molecule has 1 N–H and O–H groups in total. The number of benzene rings is 2. The van der Waals surface area contributed by atoms with Gasteiger partial charge in [0.05, 0.1) is 5.92 Å². The number of carbonyl (C=O) groups is 1. The van der Waals surface area contributed by atoms with Crippen molar-refractivity contribution in [3.63, 3.8) is 0 Å². The van der Waals surface area contributed by atoms with Gasteiger partial charge in [0.2, 0.25) is 0 Å². The Morgan fingerprint density at radius 3 is 1.75 bits per heavy atom. The van der Waals surface area contributed by atoms with Crippen molar-refractivity contribution in [2.75, 3.05) is 6.16 Å². The molecular formula is C16H17O3P. The second kappa shape index (κ2) is 6.06. The lowest BCUT2D eigenvalue weighted by Crippen LogP contribution is -2.24. The lowest BCUT2D eigenvalue weighted by molar-refractivity contribution is -0.140. The lowest BCUT2D eigenvalue weighted by atomic mass is 10.2. The number of carboxylic acid groups (broad SMARTS) is 1. The van der Waals surface area contributed by atoms with Crippen molar-refractivity contribution in [2.24, 2.45) is 5.92 Å². The van der Waals surface area contributed by atoms with Gasteiger partial charge in [0, 0.05) is 16.8 Å². The molecule has 0 saturated heterocycles. The third-order valence-electron chi connectivity index (χ3n) is 3.30. The van der Waals surface area contributed by atoms with E-state index in [1.807, 2.05) is 60.7 Å². The molecule has 0 spiro atoms. The smallest absolute Gasteiger partial charge is 0.306 e. The number of hydrogen-bond donors (Lipinski definition) is 1. The van der Waals surface area contributed by atoms with Gasteiger partial charge in [-0.2, -0.15) is 0 Å². The summed E-state index contributed by atoms with van der Waals surface area (Å²) in [5.41, 5.74) is 0. The van der Waals surface area contributed by atoms with Gasteiger partial charge in [0.15, 0.2) is 0 Å². The maximum Gasteiger partial charge on any atom is 0.306 e. The maximum atomic E-state index is 13.5. The normalized spacial score (nSPS) is 12.8. The number of hydrogen-bond acceptors (Lipinski definition) is 2. The molecule has 0 saturated carbocycles. The Morgan fingerprint density at radius 2 is 1.40 bits per heavy atom. The molecular weight excluding hydrogens is 271 g/mol. The van der Waals surface area contributed by atoms with Crippen LogP contribution in [0.15, 0.2) is 60.7 Å². The SMILES string of the molecule is CC(CP(=O)(c1ccccc1)c1ccccc1)C(=O)O. The summed E-state index contributed by atoms with van der Waals surface area (Å²) in [7, 11) is -2.91. The van der Waals surface area contributed by atoms with E-state index in [9.17, 15) is 9.36 Å². The zero-order valence-corrected chi connectivity index (χ0v) is 12.2. The van der Waals surface area contributed by atoms with Crippen molar-refractivity contribution in [2.45, 2.75) is 6.92 Å². The van der Waals surface area contributed by atoms with Crippen LogP contribution in [0.25, 0.3) is 0 Å². The Labute approximate surface area is 118 Å². The lowest BCUT2D eigenvalue weighted by Gasteiger charge is -2.21. The molecule has 0 heterocycles. The summed E-state index contributed by atoms with van der Waals surface area (Å²) < 4.78 is 13.5. The Morgan fingerprint density at radius 1 is 1.00 bits per heavy atom. The summed E-state index contributed by atoms with van der Waals surface area (Å²) in [5, 5.41) is 10.5. The highest BCUT2D eigenvalue weighted by Crippen LogP contribution is 2.45. The molecule has 3 nitrogen and oxygen atoms in total. The van der Waals surface area contributed by atoms with Crippen molar-refractivity contribution in [1.29, 1.82) is 0 Å². The molecule has 104 valence electrons. The Kier molecular flexibility index (Phi) is 4.41. The zero-order chi connectivity index (χ0) is 14.6. The van der Waals surface area contributed by atoms with Gasteiger partial charge < -0.3 is 9.67 Å². The molecule has 2 rings (SSSR count). The van der Waals surface area contributed by atoms with Crippen LogP contribution in [0.1, 0.15) is 6.92 Å². The zero-order valence-electron chi connectivity index (χ0n) is 11.3. The summed E-state index contributed by atoms with van der Waals surface area (Å²) in [4.78, 5) is 11.1. The highest BCUT2D eigenvalue weighted by molar-refractivity contribution is 7.78. The molecule has 20 heavy (non-hydrogen) atoms. The molecule has 0 bridgehead atoms. The van der Waals surface area contributed by atoms with E-state index in [1.54, 1.807) is 6.92 Å². The number of rotatable bonds is 5. The van der Waals surface area contributed by atoms with Crippen LogP contribution in [-0.2, 0) is 9.36 Å². The third-order valence-corrected chi connectivity index (χ3v) is 6.63. The van der Waals surface area contributed by atoms with Crippen LogP contribution < -0.4 is 10.6 Å². The minimum atomic E-state index is -2.91. The van der Waals surface area contributed by atoms with E-state index < -0.39 is 19.0 Å². The molecule has 0 aliphatic heterocycles. The van der Waals surface area contributed by atoms with Crippen molar-refractivity contribution < 1.29 is 14.5 Å². The van der Waals surface area contributed by atoms with E-state index in [4.69, 9.17) is 5.11 Å². The molecule has 0 aliphatic carbocycles. The first-order chi connectivity index (χ1) is 9.54. The molecule has 1 unspecified atom stereocenters. The first-order valence-electron chi connectivity index (χ1n) is 6.47. The molecule has 2 aromatic rings. The minimum Gasteiger partial charge on any atom is -0.481 e. The van der Waals surface area contributed by atoms with Gasteiger partial charge in [-0.15, -0.1) is 0 Å². The molecule has 0 aromatic heterocycles. The van der Waals surface area contributed by atoms with Crippen molar-refractivity contribution in [3.05, 3.63) is 60.7 Å². The predicted octanol–water partition coefficient (Wildman–Crippen LogP) is 2.72. The third kappa shape index (κ3) is 3.00. The van der Waals surface area contributed by atoms with E-state index in [0.717, 1.165) is 0 Å². The van der Waals surface area contributed by atoms with Crippen molar-refractivity contribution >= 4 is 23.7 Å². The second-order valence-corrected chi connectivity index (χ2v) is 7.71. The van der Waals surface area contributed by atoms with Gasteiger partial charge in [0.1, 0.15) is 7.14 Å². The number of carboxylic acids is 1. The Balaban J connectivity index is 2.50. The van der Waals surface area contributed by atoms with Gasteiger partial charge in [-0.05, 0) is 0 Å². The van der Waals surface area contributed by atoms with Gasteiger partial charge in [-0.25, -0.2) is 0 Å². The highest BCUT2D eigenvalue weighted by atomic mass is 31.2. The van der Waals surface area contributed by atoms with Gasteiger partial charge >= 0.3 is 5.97 Å². The monoisotopic (exact) mass is 288 g/mol. The largest absolute Gasteiger partial charge is 0.481 e. The first kappa shape index (κ1) is 14.5. The summed E-state index contributed by atoms with van der Waals surface area (Å²) in [6, 6.07) is 18.3. The molecule has 0 aliphatic rings.